The molecule has 3 spiro atoms. The van der Waals surface area contributed by atoms with E-state index in [4.69, 9.17) is 0 Å². The maximum absolute atomic E-state index is 2.62. The Morgan fingerprint density at radius 3 is 1.07 bits per heavy atom. The first-order valence-corrected chi connectivity index (χ1v) is 42.6. The molecule has 0 bridgehead atoms. The Hall–Kier alpha value is -14.2. The lowest BCUT2D eigenvalue weighted by molar-refractivity contribution is 0.539. The molecule has 9 aliphatic rings. The Morgan fingerprint density at radius 1 is 0.261 bits per heavy atom. The average Bonchev–Trinajstić information content (AvgIpc) is 1.51. The first-order chi connectivity index (χ1) is 58.8. The number of allylic oxidation sites excluding steroid dienone is 8. The number of fused-ring (bicyclic) bond motifs is 29. The van der Waals surface area contributed by atoms with Gasteiger partial charge in [0.25, 0.3) is 0 Å². The Kier molecular flexibility index (Phi) is 14.7. The maximum atomic E-state index is 2.62. The number of anilines is 5. The third-order valence-electron chi connectivity index (χ3n) is 28.7. The van der Waals surface area contributed by atoms with Gasteiger partial charge in [-0.15, -0.1) is 0 Å². The van der Waals surface area contributed by atoms with E-state index in [-0.39, 0.29) is 5.41 Å². The van der Waals surface area contributed by atoms with E-state index in [9.17, 15) is 0 Å². The number of nitrogens with zero attached hydrogens (tertiary/aromatic N) is 2. The summed E-state index contributed by atoms with van der Waals surface area (Å²) in [7, 11) is 0. The van der Waals surface area contributed by atoms with Gasteiger partial charge in [0.1, 0.15) is 0 Å². The number of hydrogen-bond donors (Lipinski definition) is 0. The highest BCUT2D eigenvalue weighted by molar-refractivity contribution is 6.01. The predicted molar refractivity (Wildman–Crippen MR) is 493 cm³/mol. The molecule has 25 rings (SSSR count). The van der Waals surface area contributed by atoms with Crippen LogP contribution < -0.4 is 9.80 Å². The van der Waals surface area contributed by atoms with Crippen LogP contribution in [0.15, 0.2) is 411 Å². The van der Waals surface area contributed by atoms with Gasteiger partial charge in [-0.25, -0.2) is 0 Å². The molecular formula is C117H82N2. The average molecular weight is 1520 g/mol. The molecule has 0 N–H and O–H groups in total. The molecule has 0 amide bonds. The van der Waals surface area contributed by atoms with Crippen molar-refractivity contribution in [3.8, 4) is 89.0 Å². The normalized spacial score (nSPS) is 17.6. The van der Waals surface area contributed by atoms with Crippen LogP contribution in [0.4, 0.5) is 28.4 Å². The van der Waals surface area contributed by atoms with Gasteiger partial charge in [0.15, 0.2) is 0 Å². The smallest absolute Gasteiger partial charge is 0.0727 e. The monoisotopic (exact) mass is 1510 g/mol. The van der Waals surface area contributed by atoms with Gasteiger partial charge in [-0.2, -0.15) is 0 Å². The Bertz CT molecular complexity index is 7140. The minimum Gasteiger partial charge on any atom is -0.311 e. The molecule has 9 aliphatic carbocycles. The summed E-state index contributed by atoms with van der Waals surface area (Å²) in [5.74, 6) is 0. The maximum Gasteiger partial charge on any atom is 0.0727 e. The van der Waals surface area contributed by atoms with Crippen molar-refractivity contribution in [1.82, 2.24) is 0 Å². The fraction of sp³-hybridized carbons (Fsp3) is 0.0940. The van der Waals surface area contributed by atoms with Gasteiger partial charge in [-0.05, 0) is 313 Å². The van der Waals surface area contributed by atoms with Crippen LogP contribution in [0.3, 0.4) is 0 Å². The molecule has 560 valence electrons. The van der Waals surface area contributed by atoms with Crippen molar-refractivity contribution in [2.75, 3.05) is 9.80 Å². The number of hydrogen-bond acceptors (Lipinski definition) is 2. The van der Waals surface area contributed by atoms with E-state index in [2.05, 4.69) is 424 Å². The molecule has 0 aliphatic heterocycles. The van der Waals surface area contributed by atoms with Crippen LogP contribution in [0.25, 0.3) is 95.1 Å². The van der Waals surface area contributed by atoms with Crippen molar-refractivity contribution in [2.24, 2.45) is 0 Å². The molecule has 2 nitrogen and oxygen atoms in total. The number of benzene rings is 16. The second kappa shape index (κ2) is 25.7. The standard InChI is InChI=1S/C117H82N2/c1-3-4-5-27-87-69-86-22-6-12-33-102(86)115(87)109-40-19-18-39-108(109)114(2)64-63-93(73-113(114)115)119(89-55-51-77(52-56-89)79-24-21-26-81(66-79)85-48-44-75-42-46-83(75)68-85)92-59-62-101-100-61-58-91(71-111(100)117(112(101)72-92)106-37-16-9-30-96(106)97-31-10-17-38-107(97)117)118(88-53-49-76(50-54-88)78-23-20-25-80(65-78)84-47-43-74-41-45-82(74)67-84)90-57-60-99-98-32-11-15-36-105(98)116(110(99)70-90)103-34-13-7-28-94(103)95-29-8-14-35-104(95)116/h3-40,43-44,47-63,65-73H,41-42,45-46,64H2,1-2H3/b4-3-,27-5-. The largest absolute Gasteiger partial charge is 0.311 e. The van der Waals surface area contributed by atoms with Gasteiger partial charge in [0.2, 0.25) is 0 Å². The van der Waals surface area contributed by atoms with E-state index in [1.165, 1.54) is 202 Å². The highest BCUT2D eigenvalue weighted by atomic mass is 15.2. The number of aryl methyl sites for hydroxylation is 4. The molecule has 0 heterocycles. The van der Waals surface area contributed by atoms with Crippen molar-refractivity contribution in [3.63, 3.8) is 0 Å². The molecule has 16 aromatic carbocycles. The summed E-state index contributed by atoms with van der Waals surface area (Å²) in [6, 6.07) is 138. The van der Waals surface area contributed by atoms with Crippen molar-refractivity contribution in [3.05, 3.63) is 500 Å². The van der Waals surface area contributed by atoms with Gasteiger partial charge >= 0.3 is 0 Å². The summed E-state index contributed by atoms with van der Waals surface area (Å²) in [6.45, 7) is 4.62. The lowest BCUT2D eigenvalue weighted by Crippen LogP contribution is -2.35. The van der Waals surface area contributed by atoms with Crippen LogP contribution in [0.1, 0.15) is 109 Å². The van der Waals surface area contributed by atoms with Crippen LogP contribution >= 0.6 is 0 Å². The van der Waals surface area contributed by atoms with Crippen LogP contribution in [0, 0.1) is 0 Å². The van der Waals surface area contributed by atoms with Crippen molar-refractivity contribution in [2.45, 2.75) is 67.6 Å². The molecule has 0 saturated carbocycles. The van der Waals surface area contributed by atoms with Gasteiger partial charge in [0.05, 0.1) is 16.2 Å². The van der Waals surface area contributed by atoms with Gasteiger partial charge in [0, 0.05) is 39.5 Å². The molecule has 119 heavy (non-hydrogen) atoms. The van der Waals surface area contributed by atoms with Crippen LogP contribution in [-0.4, -0.2) is 0 Å². The first kappa shape index (κ1) is 68.1. The summed E-state index contributed by atoms with van der Waals surface area (Å²) in [4.78, 5) is 5.17. The van der Waals surface area contributed by atoms with Gasteiger partial charge < -0.3 is 9.80 Å². The highest BCUT2D eigenvalue weighted by Crippen LogP contribution is 2.69. The lowest BCUT2D eigenvalue weighted by Gasteiger charge is -2.40. The third kappa shape index (κ3) is 9.49. The second-order valence-corrected chi connectivity index (χ2v) is 34.4. The minimum absolute atomic E-state index is 0.311. The fourth-order valence-electron chi connectivity index (χ4n) is 23.2. The lowest BCUT2D eigenvalue weighted by atomic mass is 9.64. The summed E-state index contributed by atoms with van der Waals surface area (Å²) in [6.07, 6.45) is 22.1. The van der Waals surface area contributed by atoms with E-state index in [1.54, 1.807) is 0 Å². The molecule has 2 heteroatoms. The Balaban J connectivity index is 0.688. The molecule has 0 saturated heterocycles. The van der Waals surface area contributed by atoms with Crippen molar-refractivity contribution in [1.29, 1.82) is 0 Å². The minimum atomic E-state index is -0.743. The summed E-state index contributed by atoms with van der Waals surface area (Å²) in [5, 5.41) is 0. The van der Waals surface area contributed by atoms with Crippen LogP contribution in [0.2, 0.25) is 0 Å². The van der Waals surface area contributed by atoms with Gasteiger partial charge in [-0.1, -0.05) is 322 Å². The predicted octanol–water partition coefficient (Wildman–Crippen LogP) is 28.8. The van der Waals surface area contributed by atoms with E-state index >= 15 is 0 Å². The molecule has 16 aromatic rings. The van der Waals surface area contributed by atoms with E-state index in [1.807, 2.05) is 0 Å². The summed E-state index contributed by atoms with van der Waals surface area (Å²) >= 11 is 0. The zero-order valence-electron chi connectivity index (χ0n) is 66.5. The molecule has 0 aromatic heterocycles. The third-order valence-corrected chi connectivity index (χ3v) is 28.7. The van der Waals surface area contributed by atoms with E-state index in [0.717, 1.165) is 53.4 Å². The molecule has 0 fully saturated rings. The zero-order chi connectivity index (χ0) is 78.5. The molecular weight excluding hydrogens is 1430 g/mol. The SMILES string of the molecule is C/C=C\C=C/C1=Cc2ccccc2C12C1=CC(N(c3ccc(-c4cccc(-c5ccc6c(c5)CC6)c4)cc3)c3ccc4c(c3)C3(c5ccccc5-c5ccccc53)c3cc(N(c5ccc(-c6cccc(-c7ccc8c(c7)CC8)c6)cc5)c5ccc6c(c5)C5(c7ccccc7-c7ccccc75)c5ccccc5-6)ccc3-4)=CCC1(C)c1ccccc12. The van der Waals surface area contributed by atoms with Crippen molar-refractivity contribution >= 4 is 34.5 Å². The Labute approximate surface area is 696 Å². The highest BCUT2D eigenvalue weighted by Gasteiger charge is 2.60. The second-order valence-electron chi connectivity index (χ2n) is 34.4. The fourth-order valence-corrected chi connectivity index (χ4v) is 23.2. The number of rotatable bonds is 12. The van der Waals surface area contributed by atoms with Crippen LogP contribution in [0.5, 0.6) is 0 Å². The summed E-state index contributed by atoms with van der Waals surface area (Å²) < 4.78 is 0. The quantitative estimate of drug-likeness (QED) is 0.113. The first-order valence-electron chi connectivity index (χ1n) is 42.6. The van der Waals surface area contributed by atoms with Crippen molar-refractivity contribution < 1.29 is 0 Å². The topological polar surface area (TPSA) is 6.48 Å². The molecule has 2 unspecified atom stereocenters. The van der Waals surface area contributed by atoms with Gasteiger partial charge in [-0.3, -0.25) is 0 Å². The molecule has 2 atom stereocenters. The van der Waals surface area contributed by atoms with E-state index in [0.29, 0.717) is 0 Å². The summed E-state index contributed by atoms with van der Waals surface area (Å²) in [5.41, 5.74) is 48.8. The van der Waals surface area contributed by atoms with Crippen LogP contribution in [-0.2, 0) is 47.3 Å². The zero-order valence-corrected chi connectivity index (χ0v) is 66.5. The Morgan fingerprint density at radius 2 is 0.622 bits per heavy atom. The van der Waals surface area contributed by atoms with E-state index < -0.39 is 16.2 Å². The molecule has 0 radical (unpaired) electrons.